The lowest BCUT2D eigenvalue weighted by Gasteiger charge is -2.33. The van der Waals surface area contributed by atoms with E-state index in [-0.39, 0.29) is 23.2 Å². The third-order valence-electron chi connectivity index (χ3n) is 5.89. The molecule has 0 N–H and O–H groups in total. The SMILES string of the molecule is COc1cc(/C=C(\C#N)c2ccccc2)ccc1OC(=O)COc1ccc(C(C)(C)CC(C)(C)C)cc1. The van der Waals surface area contributed by atoms with Crippen molar-refractivity contribution in [3.8, 4) is 23.3 Å². The van der Waals surface area contributed by atoms with Gasteiger partial charge in [0.2, 0.25) is 0 Å². The highest BCUT2D eigenvalue weighted by molar-refractivity contribution is 5.90. The number of hydrogen-bond donors (Lipinski definition) is 0. The minimum atomic E-state index is -0.541. The van der Waals surface area contributed by atoms with Gasteiger partial charge in [-0.15, -0.1) is 0 Å². The Morgan fingerprint density at radius 2 is 1.59 bits per heavy atom. The van der Waals surface area contributed by atoms with E-state index in [9.17, 15) is 10.1 Å². The highest BCUT2D eigenvalue weighted by Gasteiger charge is 2.27. The monoisotopic (exact) mass is 497 g/mol. The van der Waals surface area contributed by atoms with Crippen molar-refractivity contribution in [2.45, 2.75) is 46.5 Å². The van der Waals surface area contributed by atoms with Gasteiger partial charge in [0.1, 0.15) is 5.75 Å². The summed E-state index contributed by atoms with van der Waals surface area (Å²) in [5, 5.41) is 9.56. The highest BCUT2D eigenvalue weighted by Crippen LogP contribution is 2.36. The van der Waals surface area contributed by atoms with Crippen LogP contribution in [0.25, 0.3) is 11.6 Å². The molecule has 5 heteroatoms. The summed E-state index contributed by atoms with van der Waals surface area (Å²) in [6.07, 6.45) is 2.81. The predicted molar refractivity (Wildman–Crippen MR) is 148 cm³/mol. The molecule has 37 heavy (non-hydrogen) atoms. The Hall–Kier alpha value is -4.04. The molecule has 0 saturated heterocycles. The van der Waals surface area contributed by atoms with Gasteiger partial charge < -0.3 is 14.2 Å². The Morgan fingerprint density at radius 1 is 0.919 bits per heavy atom. The van der Waals surface area contributed by atoms with Gasteiger partial charge in [0.25, 0.3) is 0 Å². The van der Waals surface area contributed by atoms with Crippen LogP contribution in [-0.4, -0.2) is 19.7 Å². The molecule has 0 aromatic heterocycles. The number of allylic oxidation sites excluding steroid dienone is 1. The van der Waals surface area contributed by atoms with Crippen LogP contribution in [-0.2, 0) is 10.2 Å². The van der Waals surface area contributed by atoms with Gasteiger partial charge in [0.15, 0.2) is 18.1 Å². The highest BCUT2D eigenvalue weighted by atomic mass is 16.6. The number of rotatable bonds is 9. The average Bonchev–Trinajstić information content (AvgIpc) is 2.86. The summed E-state index contributed by atoms with van der Waals surface area (Å²) in [5.74, 6) is 0.731. The molecule has 0 heterocycles. The molecule has 0 radical (unpaired) electrons. The number of nitrogens with zero attached hydrogens (tertiary/aromatic N) is 1. The molecule has 0 aliphatic carbocycles. The van der Waals surface area contributed by atoms with E-state index in [0.717, 1.165) is 17.5 Å². The molecule has 0 spiro atoms. The van der Waals surface area contributed by atoms with Crippen molar-refractivity contribution in [1.29, 1.82) is 5.26 Å². The van der Waals surface area contributed by atoms with Crippen LogP contribution in [0.2, 0.25) is 0 Å². The molecule has 0 bridgehead atoms. The second kappa shape index (κ2) is 11.8. The molecule has 0 amide bonds. The zero-order chi connectivity index (χ0) is 27.1. The third-order valence-corrected chi connectivity index (χ3v) is 5.89. The van der Waals surface area contributed by atoms with Crippen molar-refractivity contribution < 1.29 is 19.0 Å². The minimum absolute atomic E-state index is 0.0305. The fraction of sp³-hybridized carbons (Fsp3) is 0.312. The lowest BCUT2D eigenvalue weighted by atomic mass is 9.72. The fourth-order valence-corrected chi connectivity index (χ4v) is 4.55. The first-order valence-electron chi connectivity index (χ1n) is 12.3. The molecule has 192 valence electrons. The van der Waals surface area contributed by atoms with E-state index in [2.05, 4.69) is 40.7 Å². The van der Waals surface area contributed by atoms with Crippen LogP contribution >= 0.6 is 0 Å². The van der Waals surface area contributed by atoms with Crippen molar-refractivity contribution in [1.82, 2.24) is 0 Å². The first kappa shape index (κ1) is 27.5. The Bertz CT molecular complexity index is 1280. The summed E-state index contributed by atoms with van der Waals surface area (Å²) < 4.78 is 16.6. The molecule has 5 nitrogen and oxygen atoms in total. The second-order valence-electron chi connectivity index (χ2n) is 10.9. The first-order chi connectivity index (χ1) is 17.5. The zero-order valence-corrected chi connectivity index (χ0v) is 22.5. The number of nitriles is 1. The van der Waals surface area contributed by atoms with Gasteiger partial charge in [0, 0.05) is 0 Å². The van der Waals surface area contributed by atoms with Gasteiger partial charge in [-0.1, -0.05) is 83.1 Å². The molecule has 0 aliphatic rings. The lowest BCUT2D eigenvalue weighted by Crippen LogP contribution is -2.24. The van der Waals surface area contributed by atoms with Crippen LogP contribution in [0, 0.1) is 16.7 Å². The maximum atomic E-state index is 12.5. The summed E-state index contributed by atoms with van der Waals surface area (Å²) >= 11 is 0. The van der Waals surface area contributed by atoms with Crippen LogP contribution < -0.4 is 14.2 Å². The number of methoxy groups -OCH3 is 1. The standard InChI is InChI=1S/C32H35NO4/c1-31(2,3)22-32(4,5)26-13-15-27(16-14-26)36-21-30(34)37-28-17-12-23(19-29(28)35-6)18-25(20-33)24-10-8-7-9-11-24/h7-19H,21-22H2,1-6H3/b25-18+. The van der Waals surface area contributed by atoms with Crippen molar-refractivity contribution in [3.05, 3.63) is 89.5 Å². The Kier molecular flexibility index (Phi) is 8.78. The molecule has 0 fully saturated rings. The van der Waals surface area contributed by atoms with Crippen molar-refractivity contribution in [3.63, 3.8) is 0 Å². The summed E-state index contributed by atoms with van der Waals surface area (Å²) in [5.41, 5.74) is 3.57. The van der Waals surface area contributed by atoms with Crippen LogP contribution in [0.1, 0.15) is 57.7 Å². The maximum absolute atomic E-state index is 12.5. The summed E-state index contributed by atoms with van der Waals surface area (Å²) in [7, 11) is 1.50. The lowest BCUT2D eigenvalue weighted by molar-refractivity contribution is -0.136. The zero-order valence-electron chi connectivity index (χ0n) is 22.5. The summed E-state index contributed by atoms with van der Waals surface area (Å²) in [4.78, 5) is 12.5. The van der Waals surface area contributed by atoms with E-state index in [1.807, 2.05) is 54.6 Å². The van der Waals surface area contributed by atoms with E-state index in [1.165, 1.54) is 12.7 Å². The topological polar surface area (TPSA) is 68.5 Å². The minimum Gasteiger partial charge on any atom is -0.493 e. The molecular formula is C32H35NO4. The van der Waals surface area contributed by atoms with Gasteiger partial charge in [0.05, 0.1) is 18.8 Å². The van der Waals surface area contributed by atoms with Crippen LogP contribution in [0.3, 0.4) is 0 Å². The number of carbonyl (C=O) groups is 1. The molecule has 3 aromatic rings. The van der Waals surface area contributed by atoms with Crippen LogP contribution in [0.5, 0.6) is 17.2 Å². The number of carbonyl (C=O) groups excluding carboxylic acids is 1. The first-order valence-corrected chi connectivity index (χ1v) is 12.3. The van der Waals surface area contributed by atoms with E-state index < -0.39 is 5.97 Å². The molecule has 0 aliphatic heterocycles. The average molecular weight is 498 g/mol. The van der Waals surface area contributed by atoms with Crippen LogP contribution in [0.4, 0.5) is 0 Å². The van der Waals surface area contributed by atoms with E-state index in [0.29, 0.717) is 17.1 Å². The molecular weight excluding hydrogens is 462 g/mol. The largest absolute Gasteiger partial charge is 0.493 e. The molecule has 3 aromatic carbocycles. The number of ether oxygens (including phenoxy) is 3. The number of esters is 1. The van der Waals surface area contributed by atoms with Crippen molar-refractivity contribution in [2.24, 2.45) is 5.41 Å². The third kappa shape index (κ3) is 7.98. The Labute approximate surface area is 220 Å². The van der Waals surface area contributed by atoms with Gasteiger partial charge in [-0.2, -0.15) is 5.26 Å². The van der Waals surface area contributed by atoms with Gasteiger partial charge in [-0.3, -0.25) is 0 Å². The van der Waals surface area contributed by atoms with E-state index >= 15 is 0 Å². The normalized spacial score (nSPS) is 12.0. The Morgan fingerprint density at radius 3 is 2.19 bits per heavy atom. The fourth-order valence-electron chi connectivity index (χ4n) is 4.55. The predicted octanol–water partition coefficient (Wildman–Crippen LogP) is 7.46. The summed E-state index contributed by atoms with van der Waals surface area (Å²) in [6.45, 7) is 11.0. The van der Waals surface area contributed by atoms with Gasteiger partial charge in [-0.25, -0.2) is 4.79 Å². The smallest absolute Gasteiger partial charge is 0.349 e. The molecule has 0 atom stereocenters. The molecule has 0 saturated carbocycles. The maximum Gasteiger partial charge on any atom is 0.349 e. The van der Waals surface area contributed by atoms with Gasteiger partial charge in [-0.05, 0) is 64.3 Å². The second-order valence-corrected chi connectivity index (χ2v) is 10.9. The van der Waals surface area contributed by atoms with Gasteiger partial charge >= 0.3 is 5.97 Å². The van der Waals surface area contributed by atoms with E-state index in [4.69, 9.17) is 14.2 Å². The van der Waals surface area contributed by atoms with Crippen molar-refractivity contribution in [2.75, 3.05) is 13.7 Å². The number of benzene rings is 3. The molecule has 3 rings (SSSR count). The van der Waals surface area contributed by atoms with Crippen molar-refractivity contribution >= 4 is 17.6 Å². The van der Waals surface area contributed by atoms with Crippen LogP contribution in [0.15, 0.2) is 72.8 Å². The van der Waals surface area contributed by atoms with E-state index in [1.54, 1.807) is 24.3 Å². The quantitative estimate of drug-likeness (QED) is 0.133. The molecule has 0 unspecified atom stereocenters. The Balaban J connectivity index is 1.63. The number of hydrogen-bond acceptors (Lipinski definition) is 5. The summed E-state index contributed by atoms with van der Waals surface area (Å²) in [6, 6.07) is 24.6.